The lowest BCUT2D eigenvalue weighted by Crippen LogP contribution is -2.25. The molecule has 0 fully saturated rings. The van der Waals surface area contributed by atoms with Crippen LogP contribution in [-0.2, 0) is 19.2 Å². The van der Waals surface area contributed by atoms with Crippen molar-refractivity contribution < 1.29 is 4.79 Å². The third-order valence-corrected chi connectivity index (χ3v) is 5.95. The van der Waals surface area contributed by atoms with Crippen molar-refractivity contribution in [1.82, 2.24) is 9.55 Å². The number of thioether (sulfide) groups is 1. The van der Waals surface area contributed by atoms with Gasteiger partial charge in [0.15, 0.2) is 10.9 Å². The molecule has 0 amide bonds. The summed E-state index contributed by atoms with van der Waals surface area (Å²) in [7, 11) is 1.75. The fraction of sp³-hybridized carbons (Fsp3) is 0.227. The average molecular weight is 413 g/mol. The molecule has 0 radical (unpaired) electrons. The fourth-order valence-electron chi connectivity index (χ4n) is 2.93. The molecule has 0 aliphatic rings. The van der Waals surface area contributed by atoms with Gasteiger partial charge >= 0.3 is 0 Å². The summed E-state index contributed by atoms with van der Waals surface area (Å²) in [5, 5.41) is 1.30. The highest BCUT2D eigenvalue weighted by molar-refractivity contribution is 7.98. The van der Waals surface area contributed by atoms with Crippen LogP contribution in [-0.4, -0.2) is 15.3 Å². The molecule has 0 atom stereocenters. The maximum Gasteiger partial charge on any atom is 0.257 e. The van der Waals surface area contributed by atoms with Gasteiger partial charge in [-0.05, 0) is 43.2 Å². The molecule has 0 bridgehead atoms. The number of rotatable bonds is 6. The molecular formula is C22H21ClN2O2S. The van der Waals surface area contributed by atoms with Gasteiger partial charge in [0.1, 0.15) is 0 Å². The Labute approximate surface area is 173 Å². The maximum absolute atomic E-state index is 12.5. The standard InChI is InChI=1S/C22H21ClN2O2S/c1-4-19-14(2)24-22(25(3)21(19)27)28-13-15-5-7-16(8-6-15)20(26)17-9-11-18(23)12-10-17/h5-12H,4,13H2,1-3H3. The topological polar surface area (TPSA) is 52.0 Å². The lowest BCUT2D eigenvalue weighted by molar-refractivity contribution is 0.103. The molecule has 28 heavy (non-hydrogen) atoms. The Morgan fingerprint density at radius 2 is 1.64 bits per heavy atom. The van der Waals surface area contributed by atoms with Gasteiger partial charge in [-0.25, -0.2) is 4.98 Å². The molecule has 1 aromatic heterocycles. The summed E-state index contributed by atoms with van der Waals surface area (Å²) in [5.41, 5.74) is 3.86. The first-order chi connectivity index (χ1) is 13.4. The molecule has 1 heterocycles. The third kappa shape index (κ3) is 4.37. The van der Waals surface area contributed by atoms with Crippen molar-refractivity contribution in [2.75, 3.05) is 0 Å². The monoisotopic (exact) mass is 412 g/mol. The van der Waals surface area contributed by atoms with Crippen molar-refractivity contribution in [3.8, 4) is 0 Å². The van der Waals surface area contributed by atoms with Crippen LogP contribution in [0.5, 0.6) is 0 Å². The molecule has 0 spiro atoms. The third-order valence-electron chi connectivity index (χ3n) is 4.59. The number of nitrogens with zero attached hydrogens (tertiary/aromatic N) is 2. The number of halogens is 1. The number of hydrogen-bond donors (Lipinski definition) is 0. The summed E-state index contributed by atoms with van der Waals surface area (Å²) in [6.07, 6.45) is 0.680. The van der Waals surface area contributed by atoms with Gasteiger partial charge < -0.3 is 0 Å². The molecular weight excluding hydrogens is 392 g/mol. The molecule has 3 rings (SSSR count). The largest absolute Gasteiger partial charge is 0.291 e. The molecule has 0 aliphatic carbocycles. The lowest BCUT2D eigenvalue weighted by atomic mass is 10.0. The van der Waals surface area contributed by atoms with E-state index in [0.29, 0.717) is 33.5 Å². The van der Waals surface area contributed by atoms with Crippen molar-refractivity contribution in [3.63, 3.8) is 0 Å². The van der Waals surface area contributed by atoms with Crippen molar-refractivity contribution in [1.29, 1.82) is 0 Å². The van der Waals surface area contributed by atoms with Crippen LogP contribution in [0.3, 0.4) is 0 Å². The van der Waals surface area contributed by atoms with Gasteiger partial charge in [-0.15, -0.1) is 0 Å². The molecule has 3 aromatic rings. The van der Waals surface area contributed by atoms with E-state index >= 15 is 0 Å². The van der Waals surface area contributed by atoms with E-state index in [2.05, 4.69) is 4.98 Å². The second kappa shape index (κ2) is 8.76. The van der Waals surface area contributed by atoms with Crippen LogP contribution in [0.4, 0.5) is 0 Å². The minimum atomic E-state index is -0.0364. The highest BCUT2D eigenvalue weighted by atomic mass is 35.5. The van der Waals surface area contributed by atoms with E-state index < -0.39 is 0 Å². The van der Waals surface area contributed by atoms with Gasteiger partial charge in [0.25, 0.3) is 5.56 Å². The van der Waals surface area contributed by atoms with Crippen LogP contribution in [0.1, 0.15) is 39.7 Å². The Kier molecular flexibility index (Phi) is 6.37. The Bertz CT molecular complexity index is 1060. The molecule has 144 valence electrons. The number of ketones is 1. The van der Waals surface area contributed by atoms with E-state index in [0.717, 1.165) is 16.8 Å². The molecule has 0 N–H and O–H groups in total. The van der Waals surface area contributed by atoms with Crippen molar-refractivity contribution in [2.45, 2.75) is 31.2 Å². The van der Waals surface area contributed by atoms with E-state index in [9.17, 15) is 9.59 Å². The Morgan fingerprint density at radius 1 is 1.07 bits per heavy atom. The first-order valence-electron chi connectivity index (χ1n) is 8.99. The van der Waals surface area contributed by atoms with Crippen LogP contribution in [0.25, 0.3) is 0 Å². The number of aryl methyl sites for hydroxylation is 1. The first-order valence-corrected chi connectivity index (χ1v) is 10.4. The molecule has 0 saturated carbocycles. The van der Waals surface area contributed by atoms with Crippen molar-refractivity contribution in [3.05, 3.63) is 91.9 Å². The Morgan fingerprint density at radius 3 is 2.21 bits per heavy atom. The second-order valence-electron chi connectivity index (χ2n) is 6.50. The Balaban J connectivity index is 1.72. The SMILES string of the molecule is CCc1c(C)nc(SCc2ccc(C(=O)c3ccc(Cl)cc3)cc2)n(C)c1=O. The lowest BCUT2D eigenvalue weighted by Gasteiger charge is -2.11. The van der Waals surface area contributed by atoms with E-state index in [1.807, 2.05) is 38.1 Å². The van der Waals surface area contributed by atoms with Crippen LogP contribution in [0.15, 0.2) is 58.5 Å². The van der Waals surface area contributed by atoms with Gasteiger partial charge in [-0.2, -0.15) is 0 Å². The summed E-state index contributed by atoms with van der Waals surface area (Å²) in [5.74, 6) is 0.631. The molecule has 4 nitrogen and oxygen atoms in total. The minimum absolute atomic E-state index is 0.0152. The highest BCUT2D eigenvalue weighted by Crippen LogP contribution is 2.22. The van der Waals surface area contributed by atoms with E-state index in [1.165, 1.54) is 11.8 Å². The van der Waals surface area contributed by atoms with E-state index in [4.69, 9.17) is 11.6 Å². The molecule has 0 unspecified atom stereocenters. The van der Waals surface area contributed by atoms with Crippen molar-refractivity contribution in [2.24, 2.45) is 7.05 Å². The number of carbonyl (C=O) groups is 1. The predicted molar refractivity (Wildman–Crippen MR) is 114 cm³/mol. The van der Waals surface area contributed by atoms with Gasteiger partial charge in [0.2, 0.25) is 0 Å². The average Bonchev–Trinajstić information content (AvgIpc) is 2.70. The van der Waals surface area contributed by atoms with Crippen LogP contribution < -0.4 is 5.56 Å². The predicted octanol–water partition coefficient (Wildman–Crippen LogP) is 4.83. The summed E-state index contributed by atoms with van der Waals surface area (Å²) in [6.45, 7) is 3.84. The zero-order valence-corrected chi connectivity index (χ0v) is 17.6. The normalized spacial score (nSPS) is 10.9. The maximum atomic E-state index is 12.5. The number of benzene rings is 2. The summed E-state index contributed by atoms with van der Waals surface area (Å²) < 4.78 is 1.61. The summed E-state index contributed by atoms with van der Waals surface area (Å²) in [4.78, 5) is 29.5. The summed E-state index contributed by atoms with van der Waals surface area (Å²) >= 11 is 7.39. The van der Waals surface area contributed by atoms with E-state index in [-0.39, 0.29) is 11.3 Å². The second-order valence-corrected chi connectivity index (χ2v) is 7.88. The quantitative estimate of drug-likeness (QED) is 0.330. The van der Waals surface area contributed by atoms with Crippen LogP contribution in [0, 0.1) is 6.92 Å². The number of aromatic nitrogens is 2. The zero-order valence-electron chi connectivity index (χ0n) is 16.0. The Hall–Kier alpha value is -2.37. The van der Waals surface area contributed by atoms with E-state index in [1.54, 1.807) is 35.9 Å². The zero-order chi connectivity index (χ0) is 20.3. The van der Waals surface area contributed by atoms with Gasteiger partial charge in [0, 0.05) is 40.2 Å². The van der Waals surface area contributed by atoms with Crippen LogP contribution in [0.2, 0.25) is 5.02 Å². The van der Waals surface area contributed by atoms with Crippen LogP contribution >= 0.6 is 23.4 Å². The smallest absolute Gasteiger partial charge is 0.257 e. The first kappa shape index (κ1) is 20.4. The number of carbonyl (C=O) groups excluding carboxylic acids is 1. The minimum Gasteiger partial charge on any atom is -0.291 e. The van der Waals surface area contributed by atoms with Gasteiger partial charge in [-0.1, -0.05) is 54.6 Å². The molecule has 2 aromatic carbocycles. The van der Waals surface area contributed by atoms with Gasteiger partial charge in [-0.3, -0.25) is 14.2 Å². The van der Waals surface area contributed by atoms with Gasteiger partial charge in [0.05, 0.1) is 0 Å². The molecule has 0 aliphatic heterocycles. The number of hydrogen-bond acceptors (Lipinski definition) is 4. The molecule has 6 heteroatoms. The molecule has 0 saturated heterocycles. The fourth-order valence-corrected chi connectivity index (χ4v) is 4.03. The summed E-state index contributed by atoms with van der Waals surface area (Å²) in [6, 6.07) is 14.4. The highest BCUT2D eigenvalue weighted by Gasteiger charge is 2.12. The van der Waals surface area contributed by atoms with Crippen molar-refractivity contribution >= 4 is 29.1 Å².